The summed E-state index contributed by atoms with van der Waals surface area (Å²) in [6.45, 7) is 1.16. The average Bonchev–Trinajstić information content (AvgIpc) is 1.21. The molecule has 0 fully saturated rings. The number of hydrogen-bond donors (Lipinski definition) is 4. The van der Waals surface area contributed by atoms with Crippen molar-refractivity contribution in [2.75, 3.05) is 0 Å². The summed E-state index contributed by atoms with van der Waals surface area (Å²) < 4.78 is 3.80. The molecule has 0 rings (SSSR count). The lowest BCUT2D eigenvalue weighted by molar-refractivity contribution is -0.0750. The molecule has 8 heavy (non-hydrogen) atoms. The van der Waals surface area contributed by atoms with Crippen molar-refractivity contribution in [3.63, 3.8) is 0 Å². The molecular weight excluding hydrogens is 132 g/mol. The van der Waals surface area contributed by atoms with Crippen molar-refractivity contribution in [2.24, 2.45) is 0 Å². The molecule has 0 saturated carbocycles. The highest BCUT2D eigenvalue weighted by molar-refractivity contribution is 6.48. The van der Waals surface area contributed by atoms with E-state index in [1.807, 2.05) is 0 Å². The maximum atomic E-state index is 8.22. The smallest absolute Gasteiger partial charge is 0.369 e. The summed E-state index contributed by atoms with van der Waals surface area (Å²) in [6.07, 6.45) is -1.35. The van der Waals surface area contributed by atoms with Crippen LogP contribution in [0.5, 0.6) is 0 Å². The van der Waals surface area contributed by atoms with Crippen LogP contribution in [-0.4, -0.2) is 34.8 Å². The van der Waals surface area contributed by atoms with Gasteiger partial charge in [-0.3, -0.25) is 0 Å². The molecule has 4 N–H and O–H groups in total. The summed E-state index contributed by atoms with van der Waals surface area (Å²) in [6, 6.07) is 0. The molecule has 0 aliphatic rings. The van der Waals surface area contributed by atoms with E-state index in [9.17, 15) is 0 Å². The fraction of sp³-hybridized carbons (Fsp3) is 1.00. The van der Waals surface area contributed by atoms with Gasteiger partial charge in [0, 0.05) is 0 Å². The zero-order chi connectivity index (χ0) is 6.78. The number of hydrogen-bond acceptors (Lipinski definition) is 5. The second kappa shape index (κ2) is 2.53. The Labute approximate surface area is 47.3 Å². The third-order valence-corrected chi connectivity index (χ3v) is 0.986. The van der Waals surface area contributed by atoms with Gasteiger partial charge >= 0.3 is 9.05 Å². The minimum Gasteiger partial charge on any atom is -0.369 e. The predicted molar refractivity (Wildman–Crippen MR) is 25.2 cm³/mol. The van der Waals surface area contributed by atoms with Gasteiger partial charge in [0.25, 0.3) is 0 Å². The molecule has 0 saturated heterocycles. The summed E-state index contributed by atoms with van der Waals surface area (Å²) >= 11 is 0. The van der Waals surface area contributed by atoms with Crippen LogP contribution in [0, 0.1) is 0 Å². The maximum absolute atomic E-state index is 8.22. The van der Waals surface area contributed by atoms with Crippen LogP contribution in [0.1, 0.15) is 6.92 Å². The zero-order valence-electron chi connectivity index (χ0n) is 4.27. The summed E-state index contributed by atoms with van der Waals surface area (Å²) in [4.78, 5) is 24.2. The minimum atomic E-state index is -4.47. The standard InChI is InChI=1S/C2H8O5Si/c1-2(3)7-8(4,5)6/h2-6H,1H3. The van der Waals surface area contributed by atoms with Crippen LogP contribution in [0.25, 0.3) is 0 Å². The lowest BCUT2D eigenvalue weighted by atomic mass is 10.8. The van der Waals surface area contributed by atoms with E-state index in [0.717, 1.165) is 6.92 Å². The Morgan fingerprint density at radius 1 is 1.38 bits per heavy atom. The van der Waals surface area contributed by atoms with E-state index in [-0.39, 0.29) is 0 Å². The van der Waals surface area contributed by atoms with Crippen molar-refractivity contribution in [1.29, 1.82) is 0 Å². The van der Waals surface area contributed by atoms with E-state index in [4.69, 9.17) is 19.5 Å². The van der Waals surface area contributed by atoms with Gasteiger partial charge in [0.05, 0.1) is 0 Å². The first-order valence-corrected chi connectivity index (χ1v) is 3.70. The van der Waals surface area contributed by atoms with Crippen LogP contribution in [0.3, 0.4) is 0 Å². The predicted octanol–water partition coefficient (Wildman–Crippen LogP) is -2.25. The molecule has 0 aliphatic heterocycles. The normalized spacial score (nSPS) is 16.1. The van der Waals surface area contributed by atoms with Crippen LogP contribution >= 0.6 is 0 Å². The summed E-state index contributed by atoms with van der Waals surface area (Å²) in [7, 11) is -4.47. The molecule has 0 bridgehead atoms. The van der Waals surface area contributed by atoms with Gasteiger partial charge in [0.15, 0.2) is 0 Å². The van der Waals surface area contributed by atoms with Crippen molar-refractivity contribution >= 4 is 9.05 Å². The highest BCUT2D eigenvalue weighted by Crippen LogP contribution is 1.92. The third-order valence-electron chi connectivity index (χ3n) is 0.329. The molecule has 0 heterocycles. The highest BCUT2D eigenvalue weighted by Gasteiger charge is 2.32. The first-order chi connectivity index (χ1) is 3.42. The maximum Gasteiger partial charge on any atom is 0.673 e. The molecule has 50 valence electrons. The highest BCUT2D eigenvalue weighted by atomic mass is 28.4. The molecule has 0 aromatic rings. The van der Waals surface area contributed by atoms with Crippen LogP contribution in [0.4, 0.5) is 0 Å². The SMILES string of the molecule is CC(O)O[Si](O)(O)O. The molecule has 1 atom stereocenters. The fourth-order valence-electron chi connectivity index (χ4n) is 0.229. The van der Waals surface area contributed by atoms with Gasteiger partial charge in [-0.25, -0.2) is 0 Å². The quantitative estimate of drug-likeness (QED) is 0.257. The fourth-order valence-corrected chi connectivity index (χ4v) is 0.686. The summed E-state index contributed by atoms with van der Waals surface area (Å²) in [5.41, 5.74) is 0. The van der Waals surface area contributed by atoms with Gasteiger partial charge in [-0.05, 0) is 6.92 Å². The van der Waals surface area contributed by atoms with Crippen molar-refractivity contribution in [3.05, 3.63) is 0 Å². The first kappa shape index (κ1) is 8.02. The lowest BCUT2D eigenvalue weighted by Crippen LogP contribution is -2.41. The molecule has 0 aliphatic carbocycles. The molecular formula is C2H8O5Si. The van der Waals surface area contributed by atoms with Crippen molar-refractivity contribution in [3.8, 4) is 0 Å². The van der Waals surface area contributed by atoms with Gasteiger partial charge < -0.3 is 23.9 Å². The van der Waals surface area contributed by atoms with Crippen molar-refractivity contribution in [1.82, 2.24) is 0 Å². The van der Waals surface area contributed by atoms with E-state index >= 15 is 0 Å². The monoisotopic (exact) mass is 140 g/mol. The van der Waals surface area contributed by atoms with E-state index < -0.39 is 15.3 Å². The molecule has 0 aromatic carbocycles. The first-order valence-electron chi connectivity index (χ1n) is 1.95. The van der Waals surface area contributed by atoms with Crippen molar-refractivity contribution < 1.29 is 23.9 Å². The molecule has 0 radical (unpaired) electrons. The molecule has 1 unspecified atom stereocenters. The van der Waals surface area contributed by atoms with Gasteiger partial charge in [-0.2, -0.15) is 0 Å². The number of aliphatic hydroxyl groups is 1. The molecule has 0 spiro atoms. The minimum absolute atomic E-state index is 1.16. The topological polar surface area (TPSA) is 90.2 Å². The third kappa shape index (κ3) is 6.02. The molecule has 5 nitrogen and oxygen atoms in total. The van der Waals surface area contributed by atoms with Crippen LogP contribution in [0.15, 0.2) is 0 Å². The second-order valence-electron chi connectivity index (χ2n) is 1.29. The Bertz CT molecular complexity index is 65.3. The van der Waals surface area contributed by atoms with Gasteiger partial charge in [0.1, 0.15) is 6.29 Å². The Morgan fingerprint density at radius 3 is 1.75 bits per heavy atom. The van der Waals surface area contributed by atoms with Gasteiger partial charge in [0.2, 0.25) is 0 Å². The number of rotatable bonds is 2. The lowest BCUT2D eigenvalue weighted by Gasteiger charge is -2.10. The Kier molecular flexibility index (Phi) is 2.54. The van der Waals surface area contributed by atoms with E-state index in [2.05, 4.69) is 4.43 Å². The van der Waals surface area contributed by atoms with E-state index in [1.165, 1.54) is 0 Å². The summed E-state index contributed by atoms with van der Waals surface area (Å²) in [5, 5.41) is 8.22. The molecule has 0 aromatic heterocycles. The molecule has 6 heteroatoms. The zero-order valence-corrected chi connectivity index (χ0v) is 5.27. The largest absolute Gasteiger partial charge is 0.673 e. The Hall–Kier alpha value is 0.0169. The van der Waals surface area contributed by atoms with Crippen LogP contribution < -0.4 is 0 Å². The van der Waals surface area contributed by atoms with Gasteiger partial charge in [-0.15, -0.1) is 0 Å². The molecule has 0 amide bonds. The van der Waals surface area contributed by atoms with Crippen LogP contribution in [-0.2, 0) is 4.43 Å². The Morgan fingerprint density at radius 2 is 1.75 bits per heavy atom. The van der Waals surface area contributed by atoms with Gasteiger partial charge in [-0.1, -0.05) is 0 Å². The second-order valence-corrected chi connectivity index (χ2v) is 2.67. The Balaban J connectivity index is 3.39. The van der Waals surface area contributed by atoms with E-state index in [0.29, 0.717) is 0 Å². The number of aliphatic hydroxyl groups excluding tert-OH is 1. The van der Waals surface area contributed by atoms with E-state index in [1.54, 1.807) is 0 Å². The van der Waals surface area contributed by atoms with Crippen LogP contribution in [0.2, 0.25) is 0 Å². The van der Waals surface area contributed by atoms with Crippen molar-refractivity contribution in [2.45, 2.75) is 13.2 Å². The average molecular weight is 140 g/mol. The summed E-state index contributed by atoms with van der Waals surface area (Å²) in [5.74, 6) is 0.